The predicted octanol–water partition coefficient (Wildman–Crippen LogP) is 7.62. The highest BCUT2D eigenvalue weighted by Crippen LogP contribution is 2.55. The number of fused-ring (bicyclic) bond motifs is 3. The molecule has 0 aliphatic carbocycles. The van der Waals surface area contributed by atoms with Crippen molar-refractivity contribution in [1.29, 1.82) is 0 Å². The molecule has 0 spiro atoms. The van der Waals surface area contributed by atoms with Crippen LogP contribution in [-0.2, 0) is 14.2 Å². The van der Waals surface area contributed by atoms with Gasteiger partial charge in [-0.25, -0.2) is 0 Å². The van der Waals surface area contributed by atoms with Gasteiger partial charge in [0.15, 0.2) is 46.0 Å². The van der Waals surface area contributed by atoms with Gasteiger partial charge in [0.2, 0.25) is 0 Å². The number of thioether (sulfide) groups is 2. The van der Waals surface area contributed by atoms with Gasteiger partial charge >= 0.3 is 0 Å². The third kappa shape index (κ3) is 5.58. The summed E-state index contributed by atoms with van der Waals surface area (Å²) in [6.45, 7) is 18.3. The molecule has 0 saturated carbocycles. The molecule has 0 bridgehead atoms. The number of ether oxygens (including phenoxy) is 9. The van der Waals surface area contributed by atoms with Gasteiger partial charge in [-0.15, -0.1) is 57.5 Å². The highest BCUT2D eigenvalue weighted by molar-refractivity contribution is 8.09. The Morgan fingerprint density at radius 1 is 0.415 bits per heavy atom. The van der Waals surface area contributed by atoms with E-state index >= 15 is 0 Å². The van der Waals surface area contributed by atoms with Gasteiger partial charge in [-0.2, -0.15) is 0 Å². The average molecular weight is 815 g/mol. The molecule has 7 aliphatic rings. The van der Waals surface area contributed by atoms with Crippen LogP contribution in [0, 0.1) is 29.0 Å². The van der Waals surface area contributed by atoms with Crippen molar-refractivity contribution < 1.29 is 42.6 Å². The number of hydrogen-bond acceptors (Lipinski definition) is 14. The summed E-state index contributed by atoms with van der Waals surface area (Å²) in [5.41, 5.74) is 1.32. The zero-order valence-electron chi connectivity index (χ0n) is 30.6. The monoisotopic (exact) mass is 814 g/mol. The van der Waals surface area contributed by atoms with Crippen LogP contribution in [0.2, 0.25) is 0 Å². The first-order chi connectivity index (χ1) is 25.6. The van der Waals surface area contributed by atoms with E-state index in [0.717, 1.165) is 103 Å². The first-order valence-corrected chi connectivity index (χ1v) is 22.5. The molecule has 10 heterocycles. The van der Waals surface area contributed by atoms with E-state index in [0.29, 0.717) is 52.9 Å². The van der Waals surface area contributed by atoms with Crippen molar-refractivity contribution in [2.75, 3.05) is 59.5 Å². The fourth-order valence-electron chi connectivity index (χ4n) is 7.61. The second-order valence-electron chi connectivity index (χ2n) is 15.9. The van der Waals surface area contributed by atoms with Gasteiger partial charge in [0.1, 0.15) is 58.6 Å². The summed E-state index contributed by atoms with van der Waals surface area (Å²) >= 11 is 8.75. The molecule has 0 N–H and O–H groups in total. The molecule has 9 nitrogen and oxygen atoms in total. The average Bonchev–Trinajstić information content (AvgIpc) is 3.97. The maximum Gasteiger partial charge on any atom is 0.181 e. The quantitative estimate of drug-likeness (QED) is 0.225. The van der Waals surface area contributed by atoms with Crippen molar-refractivity contribution in [3.8, 4) is 34.5 Å². The molecule has 282 valence electrons. The maximum absolute atomic E-state index is 6.49. The second kappa shape index (κ2) is 12.9. The molecular formula is C39H42O9S5. The number of rotatable bonds is 0. The molecule has 0 radical (unpaired) electrons. The Morgan fingerprint density at radius 2 is 0.792 bits per heavy atom. The highest BCUT2D eigenvalue weighted by atomic mass is 32.2. The minimum absolute atomic E-state index is 0.0341. The van der Waals surface area contributed by atoms with Gasteiger partial charge in [0.05, 0.1) is 49.2 Å². The van der Waals surface area contributed by atoms with E-state index in [1.165, 1.54) is 10.5 Å². The fourth-order valence-corrected chi connectivity index (χ4v) is 14.7. The molecule has 10 rings (SSSR count). The minimum atomic E-state index is -0.0341. The van der Waals surface area contributed by atoms with E-state index in [2.05, 4.69) is 41.5 Å². The third-order valence-corrected chi connectivity index (χ3v) is 17.7. The summed E-state index contributed by atoms with van der Waals surface area (Å²) in [6, 6.07) is 0. The second-order valence-corrected chi connectivity index (χ2v) is 21.2. The molecule has 53 heavy (non-hydrogen) atoms. The Hall–Kier alpha value is -2.78. The van der Waals surface area contributed by atoms with Crippen LogP contribution in [0.3, 0.4) is 0 Å². The van der Waals surface area contributed by atoms with Crippen LogP contribution in [0.4, 0.5) is 0 Å². The van der Waals surface area contributed by atoms with Crippen molar-refractivity contribution in [1.82, 2.24) is 0 Å². The van der Waals surface area contributed by atoms with Gasteiger partial charge in [0.25, 0.3) is 0 Å². The standard InChI is InChI=1S/C39H42O9S5/c1-38(2,3)36-19-18(8-7-9-40-19)28(52-36)29-20-21(42-11-10-41-20)30(49-29)31-22-23(44-13-12-43-22)32(50-31)33-24-25(46-15-14-45-24)34(51-33)35-26-27(48-17-16-47-26)37(53-35)39(4,5)6/h36-37H,7-17H2,1-6H3/b29-28+,31-30+,33-32+,35-34+. The summed E-state index contributed by atoms with van der Waals surface area (Å²) in [6.07, 6.45) is 2.01. The zero-order valence-corrected chi connectivity index (χ0v) is 34.7. The van der Waals surface area contributed by atoms with Gasteiger partial charge < -0.3 is 42.6 Å². The molecule has 0 saturated heterocycles. The molecule has 0 amide bonds. The molecule has 2 atom stereocenters. The van der Waals surface area contributed by atoms with E-state index < -0.39 is 0 Å². The predicted molar refractivity (Wildman–Crippen MR) is 210 cm³/mol. The van der Waals surface area contributed by atoms with Crippen LogP contribution in [-0.4, -0.2) is 70.0 Å². The molecular weight excluding hydrogens is 773 g/mol. The first-order valence-electron chi connectivity index (χ1n) is 18.3. The van der Waals surface area contributed by atoms with E-state index in [1.54, 1.807) is 45.8 Å². The third-order valence-electron chi connectivity index (χ3n) is 9.96. The SMILES string of the molecule is CC(C)(C)C1S/C(=c2/s/c(=c3/s/c(=c4/s/c(=C5/SC(C(C)(C)C)C6=C5OCCO6)c5c4OCCO5)c4c3OCCO4)c3c2OCCO3)C2=C1OCCC2. The topological polar surface area (TPSA) is 83.1 Å². The minimum Gasteiger partial charge on any atom is -0.496 e. The summed E-state index contributed by atoms with van der Waals surface area (Å²) in [7, 11) is 0. The van der Waals surface area contributed by atoms with Crippen molar-refractivity contribution in [3.05, 3.63) is 50.0 Å². The Bertz CT molecular complexity index is 2260. The van der Waals surface area contributed by atoms with Crippen molar-refractivity contribution in [3.63, 3.8) is 0 Å². The van der Waals surface area contributed by atoms with Crippen LogP contribution >= 0.6 is 57.5 Å². The van der Waals surface area contributed by atoms with Crippen LogP contribution in [0.5, 0.6) is 34.5 Å². The van der Waals surface area contributed by atoms with Crippen molar-refractivity contribution >= 4 is 67.3 Å². The number of thiophene rings is 3. The summed E-state index contributed by atoms with van der Waals surface area (Å²) in [4.78, 5) is 2.30. The zero-order chi connectivity index (χ0) is 36.2. The van der Waals surface area contributed by atoms with Gasteiger partial charge in [-0.3, -0.25) is 0 Å². The Kier molecular flexibility index (Phi) is 8.44. The van der Waals surface area contributed by atoms with E-state index in [4.69, 9.17) is 42.6 Å². The number of hydrogen-bond donors (Lipinski definition) is 0. The molecule has 0 aromatic carbocycles. The summed E-state index contributed by atoms with van der Waals surface area (Å²) in [5.74, 6) is 7.45. The Labute approximate surface area is 327 Å². The highest BCUT2D eigenvalue weighted by Gasteiger charge is 2.44. The summed E-state index contributed by atoms with van der Waals surface area (Å²) in [5, 5.41) is 0.365. The largest absolute Gasteiger partial charge is 0.496 e. The molecule has 7 aliphatic heterocycles. The lowest BCUT2D eigenvalue weighted by Gasteiger charge is -2.29. The van der Waals surface area contributed by atoms with E-state index in [-0.39, 0.29) is 21.3 Å². The Balaban J connectivity index is 1.27. The van der Waals surface area contributed by atoms with E-state index in [9.17, 15) is 0 Å². The van der Waals surface area contributed by atoms with E-state index in [1.807, 2.05) is 11.8 Å². The maximum atomic E-state index is 6.49. The van der Waals surface area contributed by atoms with Crippen LogP contribution in [0.1, 0.15) is 54.4 Å². The first kappa shape index (κ1) is 34.7. The molecule has 3 aromatic heterocycles. The molecule has 2 unspecified atom stereocenters. The van der Waals surface area contributed by atoms with Gasteiger partial charge in [0, 0.05) is 10.5 Å². The fraction of sp³-hybridized carbons (Fsp3) is 0.538. The van der Waals surface area contributed by atoms with Gasteiger partial charge in [-0.05, 0) is 23.7 Å². The van der Waals surface area contributed by atoms with Crippen molar-refractivity contribution in [2.24, 2.45) is 10.8 Å². The molecule has 3 aromatic rings. The lowest BCUT2D eigenvalue weighted by Crippen LogP contribution is -2.26. The lowest BCUT2D eigenvalue weighted by atomic mass is 9.88. The smallest absolute Gasteiger partial charge is 0.181 e. The van der Waals surface area contributed by atoms with Crippen LogP contribution in [0.15, 0.2) is 22.9 Å². The van der Waals surface area contributed by atoms with Crippen LogP contribution < -0.4 is 37.5 Å². The van der Waals surface area contributed by atoms with Crippen molar-refractivity contribution in [2.45, 2.75) is 64.9 Å². The molecule has 14 heteroatoms. The normalized spacial score (nSPS) is 26.8. The van der Waals surface area contributed by atoms with Crippen LogP contribution in [0.25, 0.3) is 9.81 Å². The molecule has 0 fully saturated rings. The lowest BCUT2D eigenvalue weighted by molar-refractivity contribution is 0.0634. The Morgan fingerprint density at radius 3 is 1.30 bits per heavy atom. The van der Waals surface area contributed by atoms with Gasteiger partial charge in [-0.1, -0.05) is 41.5 Å². The summed E-state index contributed by atoms with van der Waals surface area (Å²) < 4.78 is 63.8.